The molecule has 2 amide bonds. The smallest absolute Gasteiger partial charge is 0.274 e. The second-order valence-corrected chi connectivity index (χ2v) is 22.3. The molecule has 20 N–H and O–H groups in total. The molecule has 28 nitrogen and oxygen atoms in total. The minimum atomic E-state index is -5.92. The number of amides is 2. The second-order valence-electron chi connectivity index (χ2n) is 17.1. The van der Waals surface area contributed by atoms with Crippen LogP contribution in [0, 0.1) is 5.41 Å². The lowest BCUT2D eigenvalue weighted by Gasteiger charge is -2.35. The van der Waals surface area contributed by atoms with Gasteiger partial charge in [0.25, 0.3) is 23.5 Å². The number of hydrogen-bond acceptors (Lipinski definition) is 22. The van der Waals surface area contributed by atoms with Crippen LogP contribution >= 0.6 is 35.2 Å². The van der Waals surface area contributed by atoms with Gasteiger partial charge < -0.3 is 88.0 Å². The Morgan fingerprint density at radius 1 is 0.873 bits per heavy atom. The minimum absolute atomic E-state index is 0. The SMILES string of the molecule is CCCCCCCCCCCCCCCCC(O)C(=O)SCCNC(=O)CCNC(=O)[C@H](O)C(C)(C)COP(=O)([O-])OP(=O)([O-])OC[C@H]1O[C@@H](n2cnc3c(N)ncnc32)C(O)[C@H]1OP(=O)([O-])O.[NH4+].[NH4+].[NH4+]. The largest absolute Gasteiger partial charge is 0.756 e. The first-order valence-corrected chi connectivity index (χ1v) is 28.1. The highest BCUT2D eigenvalue weighted by atomic mass is 32.2. The van der Waals surface area contributed by atoms with Crippen LogP contribution in [0.15, 0.2) is 12.7 Å². The van der Waals surface area contributed by atoms with E-state index in [4.69, 9.17) is 10.5 Å². The van der Waals surface area contributed by atoms with Crippen LogP contribution < -0.4 is 49.5 Å². The molecule has 0 saturated carbocycles. The van der Waals surface area contributed by atoms with Gasteiger partial charge in [0.2, 0.25) is 16.9 Å². The van der Waals surface area contributed by atoms with E-state index in [9.17, 15) is 63.0 Å². The van der Waals surface area contributed by atoms with Crippen LogP contribution in [0.5, 0.6) is 0 Å². The summed E-state index contributed by atoms with van der Waals surface area (Å²) < 4.78 is 61.1. The third-order valence-corrected chi connectivity index (χ3v) is 14.8. The fourth-order valence-electron chi connectivity index (χ4n) is 7.01. The van der Waals surface area contributed by atoms with E-state index in [2.05, 4.69) is 50.4 Å². The zero-order chi connectivity index (χ0) is 50.5. The summed E-state index contributed by atoms with van der Waals surface area (Å²) in [6.45, 7) is 2.24. The number of phosphoric acid groups is 3. The van der Waals surface area contributed by atoms with Gasteiger partial charge in [-0.2, -0.15) is 0 Å². The van der Waals surface area contributed by atoms with Crippen molar-refractivity contribution in [1.82, 2.24) is 48.6 Å². The minimum Gasteiger partial charge on any atom is -0.756 e. The number of nitrogens with zero attached hydrogens (tertiary/aromatic N) is 4. The van der Waals surface area contributed by atoms with Crippen molar-refractivity contribution in [3.8, 4) is 0 Å². The van der Waals surface area contributed by atoms with Crippen molar-refractivity contribution < 1.29 is 85.6 Å². The lowest BCUT2D eigenvalue weighted by molar-refractivity contribution is -0.247. The van der Waals surface area contributed by atoms with Crippen molar-refractivity contribution >= 4 is 69.1 Å². The zero-order valence-electron chi connectivity index (χ0n) is 41.6. The fourth-order valence-corrected chi connectivity index (χ4v) is 10.5. The number of unbranched alkanes of at least 4 members (excludes halogenated alkanes) is 13. The number of hydrogen-bond donors (Lipinski definition) is 10. The number of imidazole rings is 1. The molecule has 1 saturated heterocycles. The monoisotopic (exact) mass is 1100 g/mol. The molecule has 0 radical (unpaired) electrons. The van der Waals surface area contributed by atoms with Crippen LogP contribution in [0.3, 0.4) is 0 Å². The van der Waals surface area contributed by atoms with Gasteiger partial charge >= 0.3 is 0 Å². The number of carbonyl (C=O) groups is 3. The highest BCUT2D eigenvalue weighted by Gasteiger charge is 2.48. The number of rotatable bonds is 35. The predicted octanol–water partition coefficient (Wildman–Crippen LogP) is 3.13. The molecule has 414 valence electrons. The molecule has 5 unspecified atom stereocenters. The molecule has 3 heterocycles. The molecule has 1 fully saturated rings. The molecule has 1 aliphatic heterocycles. The summed E-state index contributed by atoms with van der Waals surface area (Å²) in [4.78, 5) is 95.0. The summed E-state index contributed by atoms with van der Waals surface area (Å²) >= 11 is 0.905. The molecule has 2 aromatic rings. The van der Waals surface area contributed by atoms with Crippen molar-refractivity contribution in [1.29, 1.82) is 0 Å². The van der Waals surface area contributed by atoms with Crippen molar-refractivity contribution in [3.05, 3.63) is 12.7 Å². The molecule has 0 aromatic carbocycles. The molecule has 0 aliphatic carbocycles. The Labute approximate surface area is 418 Å². The summed E-state index contributed by atoms with van der Waals surface area (Å²) in [5, 5.41) is 36.2. The van der Waals surface area contributed by atoms with Crippen molar-refractivity contribution in [3.63, 3.8) is 0 Å². The van der Waals surface area contributed by atoms with Gasteiger partial charge in [-0.1, -0.05) is 122 Å². The van der Waals surface area contributed by atoms with Gasteiger partial charge in [0.05, 0.1) is 19.5 Å². The van der Waals surface area contributed by atoms with E-state index in [1.165, 1.54) is 78.1 Å². The zero-order valence-corrected chi connectivity index (χ0v) is 45.1. The van der Waals surface area contributed by atoms with E-state index >= 15 is 0 Å². The Kier molecular flexibility index (Phi) is 32.1. The van der Waals surface area contributed by atoms with Crippen LogP contribution in [-0.4, -0.2) is 119 Å². The molecule has 1 aliphatic rings. The molecule has 3 rings (SSSR count). The number of nitrogens with two attached hydrogens (primary N) is 1. The number of nitrogen functional groups attached to an aromatic ring is 1. The van der Waals surface area contributed by atoms with Gasteiger partial charge in [0, 0.05) is 30.7 Å². The number of phosphoric ester groups is 3. The number of quaternary nitrogens is 3. The fraction of sp³-hybridized carbons (Fsp3) is 0.795. The maximum Gasteiger partial charge on any atom is 0.274 e. The molecule has 0 bridgehead atoms. The topological polar surface area (TPSA) is 502 Å². The average molecular weight is 1100 g/mol. The Morgan fingerprint density at radius 3 is 2.01 bits per heavy atom. The molecule has 71 heavy (non-hydrogen) atoms. The Hall–Kier alpha value is -2.60. The number of aliphatic hydroxyl groups is 3. The van der Waals surface area contributed by atoms with Crippen molar-refractivity contribution in [2.75, 3.05) is 37.8 Å². The number of aliphatic hydroxyl groups excluding tert-OH is 3. The Bertz CT molecular complexity index is 2040. The molecular weight excluding hydrogens is 1020 g/mol. The van der Waals surface area contributed by atoms with Gasteiger partial charge in [-0.05, 0) is 6.42 Å². The highest BCUT2D eigenvalue weighted by Crippen LogP contribution is 2.56. The Balaban J connectivity index is 0.0000163. The van der Waals surface area contributed by atoms with Gasteiger partial charge in [0.1, 0.15) is 42.4 Å². The quantitative estimate of drug-likeness (QED) is 0.0350. The molecule has 9 atom stereocenters. The number of carbonyl (C=O) groups excluding carboxylic acids is 3. The van der Waals surface area contributed by atoms with Crippen LogP contribution in [0.2, 0.25) is 0 Å². The normalized spacial score (nSPS) is 20.3. The number of aromatic nitrogens is 4. The third kappa shape index (κ3) is 25.0. The Morgan fingerprint density at radius 2 is 1.44 bits per heavy atom. The van der Waals surface area contributed by atoms with E-state index in [0.29, 0.717) is 6.42 Å². The molecular formula is C39H79N10O18P3S. The standard InChI is InChI=1S/C39H70N7O18P3S.3H3N/c1-4-5-6-7-8-9-10-11-12-13-14-15-16-17-18-27(47)38(52)68-22-21-41-29(48)19-20-42-36(51)33(50)39(2,3)24-61-67(58,59)64-66(56,57)60-23-28-32(63-65(53,54)55)31(49)37(62-28)46-26-45-30-34(40)43-25-44-35(30)46;;;/h25-28,31-33,37,47,49-50H,4-24H2,1-3H3,(H,41,48)(H,42,51)(H,56,57)(H,58,59)(H2,40,43,44)(H2,53,54,55);3*1H3/t27?,28-,31?,32+,33+,37-;;;/m1.../s1. The highest BCUT2D eigenvalue weighted by molar-refractivity contribution is 8.13. The van der Waals surface area contributed by atoms with Crippen LogP contribution in [0.4, 0.5) is 5.82 Å². The number of thioether (sulfide) groups is 1. The van der Waals surface area contributed by atoms with Gasteiger partial charge in [-0.25, -0.2) is 19.3 Å². The molecule has 2 aromatic heterocycles. The molecule has 0 spiro atoms. The van der Waals surface area contributed by atoms with Gasteiger partial charge in [0.15, 0.2) is 17.7 Å². The number of fused-ring (bicyclic) bond motifs is 1. The van der Waals surface area contributed by atoms with Crippen LogP contribution in [0.25, 0.3) is 11.2 Å². The summed E-state index contributed by atoms with van der Waals surface area (Å²) in [6, 6.07) is 0. The number of ether oxygens (including phenoxy) is 1. The van der Waals surface area contributed by atoms with E-state index in [-0.39, 0.29) is 65.8 Å². The molecule has 32 heteroatoms. The average Bonchev–Trinajstić information content (AvgIpc) is 3.83. The first-order chi connectivity index (χ1) is 32.0. The predicted molar refractivity (Wildman–Crippen MR) is 259 cm³/mol. The van der Waals surface area contributed by atoms with Gasteiger partial charge in [-0.3, -0.25) is 32.6 Å². The number of nitrogens with one attached hydrogen (secondary N) is 2. The lowest BCUT2D eigenvalue weighted by Crippen LogP contribution is -2.46. The summed E-state index contributed by atoms with van der Waals surface area (Å²) in [5.41, 5.74) is 4.10. The van der Waals surface area contributed by atoms with Gasteiger partial charge in [-0.15, -0.1) is 0 Å². The second kappa shape index (κ2) is 33.3. The maximum atomic E-state index is 12.7. The third-order valence-electron chi connectivity index (χ3n) is 10.8. The van der Waals surface area contributed by atoms with Crippen LogP contribution in [0.1, 0.15) is 130 Å². The van der Waals surface area contributed by atoms with E-state index in [1.807, 2.05) is 0 Å². The van der Waals surface area contributed by atoms with Crippen molar-refractivity contribution in [2.24, 2.45) is 5.41 Å². The lowest BCUT2D eigenvalue weighted by atomic mass is 9.87. The summed E-state index contributed by atoms with van der Waals surface area (Å²) in [5.74, 6) is -1.37. The summed E-state index contributed by atoms with van der Waals surface area (Å²) in [6.07, 6.45) is 8.69. The first kappa shape index (κ1) is 68.4. The van der Waals surface area contributed by atoms with Crippen LogP contribution in [-0.2, 0) is 50.7 Å². The number of anilines is 1. The van der Waals surface area contributed by atoms with Crippen molar-refractivity contribution in [2.45, 2.75) is 160 Å². The first-order valence-electron chi connectivity index (χ1n) is 22.7. The van der Waals surface area contributed by atoms with E-state index in [1.54, 1.807) is 0 Å². The maximum absolute atomic E-state index is 12.7. The summed E-state index contributed by atoms with van der Waals surface area (Å²) in [7, 11) is -17.4. The van der Waals surface area contributed by atoms with E-state index in [0.717, 1.165) is 54.7 Å². The van der Waals surface area contributed by atoms with E-state index < -0.39 is 90.7 Å².